The Balaban J connectivity index is 1.80. The molecule has 1 N–H and O–H groups in total. The maximum atomic E-state index is 12.0. The Bertz CT molecular complexity index is 743. The van der Waals surface area contributed by atoms with Crippen LogP contribution in [-0.2, 0) is 10.5 Å². The van der Waals surface area contributed by atoms with Crippen molar-refractivity contribution in [3.05, 3.63) is 67.9 Å². The van der Waals surface area contributed by atoms with Gasteiger partial charge in [0.1, 0.15) is 0 Å². The maximum absolute atomic E-state index is 12.0. The quantitative estimate of drug-likeness (QED) is 0.664. The fraction of sp³-hybridized carbons (Fsp3) is 0.0625. The number of hydrogen-bond donors (Lipinski definition) is 1. The number of thioether (sulfide) groups is 1. The van der Waals surface area contributed by atoms with Crippen LogP contribution in [0.1, 0.15) is 11.1 Å². The topological polar surface area (TPSA) is 29.1 Å². The molecule has 1 heterocycles. The minimum absolute atomic E-state index is 0.0391. The standard InChI is InChI=1S/C16H11Br2NOS/c17-11-5-6-15-12(7-11)13(16(20)19-15)9-21-8-10-3-1-2-4-14(10)18/h1-7,9H,8H2,(H,19,20). The summed E-state index contributed by atoms with van der Waals surface area (Å²) in [6.45, 7) is 0. The smallest absolute Gasteiger partial charge is 0.256 e. The summed E-state index contributed by atoms with van der Waals surface area (Å²) in [4.78, 5) is 12.0. The molecule has 0 aromatic heterocycles. The Morgan fingerprint density at radius 2 is 1.95 bits per heavy atom. The van der Waals surface area contributed by atoms with E-state index in [-0.39, 0.29) is 5.91 Å². The molecule has 106 valence electrons. The molecule has 0 aliphatic carbocycles. The summed E-state index contributed by atoms with van der Waals surface area (Å²) < 4.78 is 2.06. The number of hydrogen-bond acceptors (Lipinski definition) is 2. The average molecular weight is 425 g/mol. The Kier molecular flexibility index (Phi) is 4.52. The lowest BCUT2D eigenvalue weighted by molar-refractivity contribution is -0.110. The van der Waals surface area contributed by atoms with Gasteiger partial charge in [-0.2, -0.15) is 0 Å². The number of nitrogens with one attached hydrogen (secondary N) is 1. The van der Waals surface area contributed by atoms with E-state index >= 15 is 0 Å². The Labute approximate surface area is 144 Å². The predicted molar refractivity (Wildman–Crippen MR) is 96.2 cm³/mol. The molecule has 2 nitrogen and oxygen atoms in total. The molecule has 0 radical (unpaired) electrons. The predicted octanol–water partition coefficient (Wildman–Crippen LogP) is 5.44. The van der Waals surface area contributed by atoms with Gasteiger partial charge in [-0.05, 0) is 35.2 Å². The lowest BCUT2D eigenvalue weighted by Gasteiger charge is -2.02. The molecular weight excluding hydrogens is 414 g/mol. The number of anilines is 1. The van der Waals surface area contributed by atoms with E-state index in [2.05, 4.69) is 43.2 Å². The molecular formula is C16H11Br2NOS. The van der Waals surface area contributed by atoms with Crippen molar-refractivity contribution in [1.29, 1.82) is 0 Å². The van der Waals surface area contributed by atoms with Crippen molar-refractivity contribution in [2.75, 3.05) is 5.32 Å². The number of rotatable bonds is 3. The Morgan fingerprint density at radius 3 is 2.76 bits per heavy atom. The van der Waals surface area contributed by atoms with Gasteiger partial charge in [-0.1, -0.05) is 50.1 Å². The summed E-state index contributed by atoms with van der Waals surface area (Å²) in [5, 5.41) is 4.82. The van der Waals surface area contributed by atoms with E-state index in [9.17, 15) is 4.79 Å². The van der Waals surface area contributed by atoms with Crippen LogP contribution in [0.15, 0.2) is 56.8 Å². The van der Waals surface area contributed by atoms with Crippen LogP contribution in [0.25, 0.3) is 5.57 Å². The first-order valence-corrected chi connectivity index (χ1v) is 8.95. The van der Waals surface area contributed by atoms with E-state index in [1.807, 2.05) is 41.8 Å². The fourth-order valence-electron chi connectivity index (χ4n) is 2.11. The first-order valence-electron chi connectivity index (χ1n) is 6.31. The largest absolute Gasteiger partial charge is 0.321 e. The molecule has 0 saturated carbocycles. The molecule has 3 rings (SSSR count). The molecule has 0 bridgehead atoms. The first kappa shape index (κ1) is 14.9. The Morgan fingerprint density at radius 1 is 1.14 bits per heavy atom. The summed E-state index contributed by atoms with van der Waals surface area (Å²) >= 11 is 8.61. The second kappa shape index (κ2) is 6.38. The molecule has 1 aliphatic heterocycles. The summed E-state index contributed by atoms with van der Waals surface area (Å²) in [6.07, 6.45) is 0. The number of halogens is 2. The van der Waals surface area contributed by atoms with Crippen molar-refractivity contribution in [3.63, 3.8) is 0 Å². The third-order valence-electron chi connectivity index (χ3n) is 3.16. The van der Waals surface area contributed by atoms with Crippen LogP contribution in [0.4, 0.5) is 5.69 Å². The number of carbonyl (C=O) groups is 1. The van der Waals surface area contributed by atoms with E-state index in [0.717, 1.165) is 31.5 Å². The fourth-order valence-corrected chi connectivity index (χ4v) is 3.99. The SMILES string of the molecule is O=C1Nc2ccc(Br)cc2C1=CSCc1ccccc1Br. The van der Waals surface area contributed by atoms with Gasteiger partial charge in [0.2, 0.25) is 0 Å². The molecule has 0 fully saturated rings. The maximum Gasteiger partial charge on any atom is 0.256 e. The Hall–Kier alpha value is -1.04. The molecule has 5 heteroatoms. The van der Waals surface area contributed by atoms with Gasteiger partial charge in [-0.15, -0.1) is 11.8 Å². The van der Waals surface area contributed by atoms with Crippen LogP contribution >= 0.6 is 43.6 Å². The van der Waals surface area contributed by atoms with Crippen molar-refractivity contribution in [2.24, 2.45) is 0 Å². The van der Waals surface area contributed by atoms with Crippen molar-refractivity contribution < 1.29 is 4.79 Å². The summed E-state index contributed by atoms with van der Waals surface area (Å²) in [5.41, 5.74) is 3.76. The lowest BCUT2D eigenvalue weighted by atomic mass is 10.1. The number of benzene rings is 2. The van der Waals surface area contributed by atoms with Gasteiger partial charge in [0.25, 0.3) is 5.91 Å². The van der Waals surface area contributed by atoms with E-state index in [0.29, 0.717) is 0 Å². The first-order chi connectivity index (χ1) is 10.1. The molecule has 0 unspecified atom stereocenters. The van der Waals surface area contributed by atoms with Crippen molar-refractivity contribution in [1.82, 2.24) is 0 Å². The molecule has 21 heavy (non-hydrogen) atoms. The van der Waals surface area contributed by atoms with Gasteiger partial charge in [0, 0.05) is 25.9 Å². The number of amides is 1. The highest BCUT2D eigenvalue weighted by atomic mass is 79.9. The third kappa shape index (κ3) is 3.25. The van der Waals surface area contributed by atoms with Crippen LogP contribution in [0.5, 0.6) is 0 Å². The minimum Gasteiger partial charge on any atom is -0.321 e. The van der Waals surface area contributed by atoms with Crippen LogP contribution in [0.3, 0.4) is 0 Å². The van der Waals surface area contributed by atoms with E-state index in [4.69, 9.17) is 0 Å². The highest BCUT2D eigenvalue weighted by Gasteiger charge is 2.23. The van der Waals surface area contributed by atoms with Crippen LogP contribution in [-0.4, -0.2) is 5.91 Å². The highest BCUT2D eigenvalue weighted by Crippen LogP contribution is 2.35. The second-order valence-electron chi connectivity index (χ2n) is 4.58. The zero-order chi connectivity index (χ0) is 14.8. The molecule has 2 aromatic carbocycles. The molecule has 1 aliphatic rings. The van der Waals surface area contributed by atoms with Crippen molar-refractivity contribution >= 4 is 60.8 Å². The van der Waals surface area contributed by atoms with E-state index < -0.39 is 0 Å². The highest BCUT2D eigenvalue weighted by molar-refractivity contribution is 9.10. The normalized spacial score (nSPS) is 15.1. The van der Waals surface area contributed by atoms with E-state index in [1.54, 1.807) is 11.8 Å². The van der Waals surface area contributed by atoms with Crippen LogP contribution < -0.4 is 5.32 Å². The minimum atomic E-state index is -0.0391. The molecule has 0 atom stereocenters. The van der Waals surface area contributed by atoms with E-state index in [1.165, 1.54) is 5.56 Å². The third-order valence-corrected chi connectivity index (χ3v) is 5.31. The monoisotopic (exact) mass is 423 g/mol. The summed E-state index contributed by atoms with van der Waals surface area (Å²) in [6, 6.07) is 13.9. The second-order valence-corrected chi connectivity index (χ2v) is 7.21. The van der Waals surface area contributed by atoms with Crippen molar-refractivity contribution in [3.8, 4) is 0 Å². The van der Waals surface area contributed by atoms with Gasteiger partial charge in [0.05, 0.1) is 5.57 Å². The van der Waals surface area contributed by atoms with Crippen molar-refractivity contribution in [2.45, 2.75) is 5.75 Å². The van der Waals surface area contributed by atoms with Gasteiger partial charge < -0.3 is 5.32 Å². The van der Waals surface area contributed by atoms with Gasteiger partial charge >= 0.3 is 0 Å². The molecule has 1 amide bonds. The molecule has 0 saturated heterocycles. The lowest BCUT2D eigenvalue weighted by Crippen LogP contribution is -2.03. The van der Waals surface area contributed by atoms with Crippen LogP contribution in [0.2, 0.25) is 0 Å². The number of carbonyl (C=O) groups excluding carboxylic acids is 1. The van der Waals surface area contributed by atoms with Gasteiger partial charge in [0.15, 0.2) is 0 Å². The summed E-state index contributed by atoms with van der Waals surface area (Å²) in [7, 11) is 0. The molecule has 0 spiro atoms. The van der Waals surface area contributed by atoms with Gasteiger partial charge in [-0.25, -0.2) is 0 Å². The zero-order valence-electron chi connectivity index (χ0n) is 10.9. The zero-order valence-corrected chi connectivity index (χ0v) is 14.9. The average Bonchev–Trinajstić information content (AvgIpc) is 2.77. The molecule has 2 aromatic rings. The summed E-state index contributed by atoms with van der Waals surface area (Å²) in [5.74, 6) is 0.782. The number of fused-ring (bicyclic) bond motifs is 1. The van der Waals surface area contributed by atoms with Gasteiger partial charge in [-0.3, -0.25) is 4.79 Å². The van der Waals surface area contributed by atoms with Crippen LogP contribution in [0, 0.1) is 0 Å².